The maximum Gasteiger partial charge on any atom is 0.220 e. The normalized spacial score (nSPS) is 10.9. The van der Waals surface area contributed by atoms with E-state index in [4.69, 9.17) is 0 Å². The first kappa shape index (κ1) is 19.6. The molecule has 0 spiro atoms. The first-order valence-corrected chi connectivity index (χ1v) is 10.1. The number of para-hydroxylation sites is 2. The third kappa shape index (κ3) is 4.33. The lowest BCUT2D eigenvalue weighted by molar-refractivity contribution is -0.121. The van der Waals surface area contributed by atoms with E-state index in [9.17, 15) is 4.79 Å². The van der Waals surface area contributed by atoms with Gasteiger partial charge in [-0.15, -0.1) is 0 Å². The zero-order valence-corrected chi connectivity index (χ0v) is 17.2. The number of aromatic nitrogens is 4. The van der Waals surface area contributed by atoms with Crippen molar-refractivity contribution in [1.29, 1.82) is 0 Å². The predicted octanol–water partition coefficient (Wildman–Crippen LogP) is 3.92. The fraction of sp³-hybridized carbons (Fsp3) is 0.208. The van der Waals surface area contributed by atoms with Crippen molar-refractivity contribution in [2.45, 2.75) is 33.2 Å². The van der Waals surface area contributed by atoms with Crippen LogP contribution < -0.4 is 5.32 Å². The minimum Gasteiger partial charge on any atom is -0.352 e. The summed E-state index contributed by atoms with van der Waals surface area (Å²) in [5, 5.41) is 12.1. The van der Waals surface area contributed by atoms with Crippen molar-refractivity contribution in [2.24, 2.45) is 0 Å². The molecule has 0 radical (unpaired) electrons. The molecule has 0 saturated carbocycles. The second-order valence-corrected chi connectivity index (χ2v) is 7.30. The summed E-state index contributed by atoms with van der Waals surface area (Å²) in [7, 11) is 0. The van der Waals surface area contributed by atoms with Gasteiger partial charge < -0.3 is 5.32 Å². The molecule has 0 fully saturated rings. The van der Waals surface area contributed by atoms with Gasteiger partial charge in [0.15, 0.2) is 0 Å². The van der Waals surface area contributed by atoms with Crippen LogP contribution in [0.15, 0.2) is 73.1 Å². The monoisotopic (exact) mass is 399 g/mol. The summed E-state index contributed by atoms with van der Waals surface area (Å²) >= 11 is 0. The van der Waals surface area contributed by atoms with Crippen LogP contribution in [0.5, 0.6) is 0 Å². The van der Waals surface area contributed by atoms with E-state index in [2.05, 4.69) is 15.5 Å². The largest absolute Gasteiger partial charge is 0.352 e. The number of aryl methyl sites for hydroxylation is 2. The standard InChI is InChI=1S/C24H25N5O/c1-18-23(19(2)29(27-18)22-11-7-4-8-12-22)16-25-24(30)14-13-20-15-26-28(17-20)21-9-5-3-6-10-21/h3-12,15,17H,13-14,16H2,1-2H3,(H,25,30). The quantitative estimate of drug-likeness (QED) is 0.512. The Bertz CT molecular complexity index is 1130. The van der Waals surface area contributed by atoms with Crippen LogP contribution in [0.4, 0.5) is 0 Å². The molecule has 4 aromatic rings. The van der Waals surface area contributed by atoms with Gasteiger partial charge in [-0.25, -0.2) is 9.36 Å². The molecule has 1 amide bonds. The number of nitrogens with one attached hydrogen (secondary N) is 1. The number of hydrogen-bond acceptors (Lipinski definition) is 3. The molecular formula is C24H25N5O. The van der Waals surface area contributed by atoms with Crippen molar-refractivity contribution < 1.29 is 4.79 Å². The summed E-state index contributed by atoms with van der Waals surface area (Å²) in [6, 6.07) is 20.0. The summed E-state index contributed by atoms with van der Waals surface area (Å²) in [5.74, 6) is 0.0220. The molecule has 0 atom stereocenters. The molecule has 2 heterocycles. The van der Waals surface area contributed by atoms with E-state index >= 15 is 0 Å². The van der Waals surface area contributed by atoms with Gasteiger partial charge in [0.1, 0.15) is 0 Å². The second-order valence-electron chi connectivity index (χ2n) is 7.30. The third-order valence-corrected chi connectivity index (χ3v) is 5.20. The molecule has 6 nitrogen and oxygen atoms in total. The minimum absolute atomic E-state index is 0.0220. The zero-order valence-electron chi connectivity index (χ0n) is 17.2. The fourth-order valence-electron chi connectivity index (χ4n) is 3.50. The number of benzene rings is 2. The summed E-state index contributed by atoms with van der Waals surface area (Å²) in [6.45, 7) is 4.49. The van der Waals surface area contributed by atoms with E-state index in [1.54, 1.807) is 0 Å². The lowest BCUT2D eigenvalue weighted by atomic mass is 10.1. The van der Waals surface area contributed by atoms with Crippen LogP contribution in [0.1, 0.15) is 28.9 Å². The lowest BCUT2D eigenvalue weighted by Crippen LogP contribution is -2.23. The van der Waals surface area contributed by atoms with Gasteiger partial charge in [-0.1, -0.05) is 36.4 Å². The van der Waals surface area contributed by atoms with Crippen LogP contribution in [-0.4, -0.2) is 25.5 Å². The highest BCUT2D eigenvalue weighted by molar-refractivity contribution is 5.76. The highest BCUT2D eigenvalue weighted by atomic mass is 16.1. The van der Waals surface area contributed by atoms with Crippen molar-refractivity contribution in [3.05, 3.63) is 95.6 Å². The number of amides is 1. The highest BCUT2D eigenvalue weighted by Crippen LogP contribution is 2.17. The number of hydrogen-bond donors (Lipinski definition) is 1. The van der Waals surface area contributed by atoms with Gasteiger partial charge in [-0.2, -0.15) is 10.2 Å². The Morgan fingerprint density at radius 2 is 1.63 bits per heavy atom. The Morgan fingerprint density at radius 3 is 2.33 bits per heavy atom. The van der Waals surface area contributed by atoms with Gasteiger partial charge in [0, 0.05) is 30.4 Å². The molecule has 0 bridgehead atoms. The first-order chi connectivity index (χ1) is 14.6. The summed E-state index contributed by atoms with van der Waals surface area (Å²) in [5.41, 5.74) is 6.10. The van der Waals surface area contributed by atoms with E-state index in [-0.39, 0.29) is 5.91 Å². The minimum atomic E-state index is 0.0220. The van der Waals surface area contributed by atoms with Crippen LogP contribution in [0.25, 0.3) is 11.4 Å². The average molecular weight is 399 g/mol. The first-order valence-electron chi connectivity index (χ1n) is 10.1. The van der Waals surface area contributed by atoms with Crippen molar-refractivity contribution >= 4 is 5.91 Å². The van der Waals surface area contributed by atoms with Crippen molar-refractivity contribution in [1.82, 2.24) is 24.9 Å². The van der Waals surface area contributed by atoms with E-state index in [1.807, 2.05) is 96.3 Å². The topological polar surface area (TPSA) is 64.7 Å². The smallest absolute Gasteiger partial charge is 0.220 e. The van der Waals surface area contributed by atoms with Gasteiger partial charge in [0.25, 0.3) is 0 Å². The van der Waals surface area contributed by atoms with Crippen LogP contribution in [-0.2, 0) is 17.8 Å². The molecule has 4 rings (SSSR count). The Labute approximate surface area is 176 Å². The molecule has 1 N–H and O–H groups in total. The molecule has 0 saturated heterocycles. The van der Waals surface area contributed by atoms with Crippen LogP contribution in [0, 0.1) is 13.8 Å². The fourth-order valence-corrected chi connectivity index (χ4v) is 3.50. The van der Waals surface area contributed by atoms with Gasteiger partial charge in [0.05, 0.1) is 23.3 Å². The molecule has 152 valence electrons. The maximum atomic E-state index is 12.4. The number of carbonyl (C=O) groups is 1. The lowest BCUT2D eigenvalue weighted by Gasteiger charge is -2.07. The molecular weight excluding hydrogens is 374 g/mol. The Morgan fingerprint density at radius 1 is 0.967 bits per heavy atom. The molecule has 0 unspecified atom stereocenters. The average Bonchev–Trinajstić information content (AvgIpc) is 3.37. The van der Waals surface area contributed by atoms with Gasteiger partial charge in [-0.3, -0.25) is 4.79 Å². The van der Waals surface area contributed by atoms with Gasteiger partial charge in [-0.05, 0) is 50.1 Å². The number of rotatable bonds is 7. The van der Waals surface area contributed by atoms with Crippen molar-refractivity contribution in [3.8, 4) is 11.4 Å². The van der Waals surface area contributed by atoms with Crippen LogP contribution >= 0.6 is 0 Å². The molecule has 0 aliphatic carbocycles. The van der Waals surface area contributed by atoms with Crippen molar-refractivity contribution in [2.75, 3.05) is 0 Å². The number of nitrogens with zero attached hydrogens (tertiary/aromatic N) is 4. The van der Waals surface area contributed by atoms with E-state index < -0.39 is 0 Å². The Balaban J connectivity index is 1.34. The molecule has 2 aromatic carbocycles. The van der Waals surface area contributed by atoms with Gasteiger partial charge in [0.2, 0.25) is 5.91 Å². The maximum absolute atomic E-state index is 12.4. The summed E-state index contributed by atoms with van der Waals surface area (Å²) < 4.78 is 3.76. The third-order valence-electron chi connectivity index (χ3n) is 5.20. The van der Waals surface area contributed by atoms with Crippen LogP contribution in [0.2, 0.25) is 0 Å². The van der Waals surface area contributed by atoms with Crippen molar-refractivity contribution in [3.63, 3.8) is 0 Å². The molecule has 6 heteroatoms. The van der Waals surface area contributed by atoms with E-state index in [1.165, 1.54) is 0 Å². The molecule has 0 aliphatic rings. The van der Waals surface area contributed by atoms with Gasteiger partial charge >= 0.3 is 0 Å². The predicted molar refractivity (Wildman–Crippen MR) is 117 cm³/mol. The Hall–Kier alpha value is -3.67. The second kappa shape index (κ2) is 8.78. The number of carbonyl (C=O) groups excluding carboxylic acids is 1. The highest BCUT2D eigenvalue weighted by Gasteiger charge is 2.14. The molecule has 30 heavy (non-hydrogen) atoms. The van der Waals surface area contributed by atoms with E-state index in [0.717, 1.165) is 33.9 Å². The summed E-state index contributed by atoms with van der Waals surface area (Å²) in [4.78, 5) is 12.4. The SMILES string of the molecule is Cc1nn(-c2ccccc2)c(C)c1CNC(=O)CCc1cnn(-c2ccccc2)c1. The Kier molecular flexibility index (Phi) is 5.75. The van der Waals surface area contributed by atoms with E-state index in [0.29, 0.717) is 19.4 Å². The summed E-state index contributed by atoms with van der Waals surface area (Å²) in [6.07, 6.45) is 4.87. The molecule has 0 aliphatic heterocycles. The van der Waals surface area contributed by atoms with Crippen LogP contribution in [0.3, 0.4) is 0 Å². The zero-order chi connectivity index (χ0) is 20.9. The molecule has 2 aromatic heterocycles.